The number of H-pyrrole nitrogens is 1. The average Bonchev–Trinajstić information content (AvgIpc) is 3.14. The highest BCUT2D eigenvalue weighted by Gasteiger charge is 2.13. The molecule has 0 saturated carbocycles. The number of aliphatic hydroxyl groups excluding tert-OH is 1. The highest BCUT2D eigenvalue weighted by Crippen LogP contribution is 2.34. The minimum Gasteiger partial charge on any atom is -0.491 e. The maximum atomic E-state index is 11.6. The van der Waals surface area contributed by atoms with Crippen LogP contribution in [-0.4, -0.2) is 33.0 Å². The van der Waals surface area contributed by atoms with E-state index in [-0.39, 0.29) is 19.8 Å². The highest BCUT2D eigenvalue weighted by molar-refractivity contribution is 5.75. The lowest BCUT2D eigenvalue weighted by molar-refractivity contribution is 0.201. The summed E-state index contributed by atoms with van der Waals surface area (Å²) >= 11 is 0. The van der Waals surface area contributed by atoms with Crippen molar-refractivity contribution in [1.82, 2.24) is 14.7 Å². The Morgan fingerprint density at radius 2 is 1.83 bits per heavy atom. The van der Waals surface area contributed by atoms with Gasteiger partial charge in [-0.2, -0.15) is 0 Å². The van der Waals surface area contributed by atoms with E-state index in [1.807, 2.05) is 29.2 Å². The first-order valence-corrected chi connectivity index (χ1v) is 11.2. The first kappa shape index (κ1) is 24.0. The molecule has 182 valence electrons. The number of nitrogens with one attached hydrogen (secondary N) is 1. The number of aromatic amines is 1. The first-order chi connectivity index (χ1) is 16.9. The van der Waals surface area contributed by atoms with Crippen LogP contribution in [0.4, 0.5) is 0 Å². The van der Waals surface area contributed by atoms with Crippen LogP contribution in [0.5, 0.6) is 11.6 Å². The van der Waals surface area contributed by atoms with Gasteiger partial charge in [-0.1, -0.05) is 24.3 Å². The molecule has 0 unspecified atom stereocenters. The summed E-state index contributed by atoms with van der Waals surface area (Å²) in [5.41, 5.74) is 6.68. The SMILES string of the molecule is Cc1cc(OCCO)cc(C)c1-c1cccc(COc2ccc(Cn3oc(=O)[nH]c3=O)cn2)c1C. The van der Waals surface area contributed by atoms with Gasteiger partial charge in [0.25, 0.3) is 0 Å². The van der Waals surface area contributed by atoms with Crippen molar-refractivity contribution in [3.63, 3.8) is 0 Å². The molecule has 0 aliphatic carbocycles. The summed E-state index contributed by atoms with van der Waals surface area (Å²) in [5, 5.41) is 9.01. The van der Waals surface area contributed by atoms with Crippen LogP contribution in [0.3, 0.4) is 0 Å². The predicted octanol–water partition coefficient (Wildman–Crippen LogP) is 3.12. The molecule has 0 atom stereocenters. The van der Waals surface area contributed by atoms with Crippen molar-refractivity contribution in [2.24, 2.45) is 0 Å². The molecule has 2 heterocycles. The maximum absolute atomic E-state index is 11.6. The van der Waals surface area contributed by atoms with Gasteiger partial charge in [-0.05, 0) is 71.8 Å². The standard InChI is InChI=1S/C26H27N3O6/c1-16-11-21(33-10-9-30)12-17(2)24(16)22-6-4-5-20(18(22)3)15-34-23-8-7-19(13-27-23)14-29-25(31)28-26(32)35-29/h4-8,11-13,30H,9-10,14-15H2,1-3H3,(H,28,31,32). The van der Waals surface area contributed by atoms with Crippen molar-refractivity contribution in [3.8, 4) is 22.8 Å². The van der Waals surface area contributed by atoms with Gasteiger partial charge < -0.3 is 19.1 Å². The van der Waals surface area contributed by atoms with Gasteiger partial charge in [0.2, 0.25) is 5.88 Å². The van der Waals surface area contributed by atoms with Gasteiger partial charge in [0, 0.05) is 12.3 Å². The number of pyridine rings is 1. The molecule has 2 aromatic heterocycles. The predicted molar refractivity (Wildman–Crippen MR) is 130 cm³/mol. The van der Waals surface area contributed by atoms with Gasteiger partial charge in [0.05, 0.1) is 13.2 Å². The van der Waals surface area contributed by atoms with Crippen LogP contribution >= 0.6 is 0 Å². The third kappa shape index (κ3) is 5.52. The molecule has 2 N–H and O–H groups in total. The van der Waals surface area contributed by atoms with Crippen molar-refractivity contribution >= 4 is 0 Å². The largest absolute Gasteiger partial charge is 0.491 e. The number of nitrogens with zero attached hydrogens (tertiary/aromatic N) is 2. The molecule has 0 spiro atoms. The third-order valence-electron chi connectivity index (χ3n) is 5.71. The molecule has 9 nitrogen and oxygen atoms in total. The number of ether oxygens (including phenoxy) is 2. The number of hydrogen-bond donors (Lipinski definition) is 2. The zero-order chi connectivity index (χ0) is 24.9. The van der Waals surface area contributed by atoms with Crippen molar-refractivity contribution < 1.29 is 19.1 Å². The molecule has 0 aliphatic heterocycles. The summed E-state index contributed by atoms with van der Waals surface area (Å²) in [6.45, 7) is 6.85. The van der Waals surface area contributed by atoms with E-state index in [0.29, 0.717) is 18.1 Å². The molecule has 0 aliphatic rings. The minimum absolute atomic E-state index is 0.0242. The number of benzene rings is 2. The Kier molecular flexibility index (Phi) is 7.17. The van der Waals surface area contributed by atoms with Gasteiger partial charge in [0.1, 0.15) is 19.0 Å². The van der Waals surface area contributed by atoms with E-state index in [1.165, 1.54) is 0 Å². The second-order valence-corrected chi connectivity index (χ2v) is 8.23. The molecule has 0 fully saturated rings. The van der Waals surface area contributed by atoms with Crippen LogP contribution in [0, 0.1) is 20.8 Å². The normalized spacial score (nSPS) is 11.0. The third-order valence-corrected chi connectivity index (χ3v) is 5.71. The summed E-state index contributed by atoms with van der Waals surface area (Å²) in [6.07, 6.45) is 1.57. The molecule has 0 saturated heterocycles. The Balaban J connectivity index is 1.48. The number of rotatable bonds is 9. The zero-order valence-electron chi connectivity index (χ0n) is 19.8. The molecule has 2 aromatic carbocycles. The van der Waals surface area contributed by atoms with Crippen LogP contribution in [0.15, 0.2) is 62.8 Å². The topological polar surface area (TPSA) is 120 Å². The van der Waals surface area contributed by atoms with E-state index in [4.69, 9.17) is 19.1 Å². The van der Waals surface area contributed by atoms with Gasteiger partial charge >= 0.3 is 11.4 Å². The molecule has 0 amide bonds. The van der Waals surface area contributed by atoms with Crippen LogP contribution in [0.1, 0.15) is 27.8 Å². The fraction of sp³-hybridized carbons (Fsp3) is 0.269. The summed E-state index contributed by atoms with van der Waals surface area (Å²) < 4.78 is 17.2. The van der Waals surface area contributed by atoms with Crippen molar-refractivity contribution in [3.05, 3.63) is 97.5 Å². The Morgan fingerprint density at radius 3 is 2.46 bits per heavy atom. The molecule has 4 rings (SSSR count). The Bertz CT molecular complexity index is 1410. The van der Waals surface area contributed by atoms with Crippen molar-refractivity contribution in [1.29, 1.82) is 0 Å². The van der Waals surface area contributed by atoms with Crippen LogP contribution < -0.4 is 20.9 Å². The summed E-state index contributed by atoms with van der Waals surface area (Å²) in [4.78, 5) is 29.0. The van der Waals surface area contributed by atoms with E-state index in [0.717, 1.165) is 43.9 Å². The molecular formula is C26H27N3O6. The minimum atomic E-state index is -0.795. The van der Waals surface area contributed by atoms with E-state index >= 15 is 0 Å². The summed E-state index contributed by atoms with van der Waals surface area (Å²) in [5.74, 6) is 0.393. The van der Waals surface area contributed by atoms with Gasteiger partial charge in [-0.3, -0.25) is 0 Å². The monoisotopic (exact) mass is 477 g/mol. The number of aliphatic hydroxyl groups is 1. The molecule has 35 heavy (non-hydrogen) atoms. The van der Waals surface area contributed by atoms with Gasteiger partial charge in [-0.25, -0.2) is 19.6 Å². The Hall–Kier alpha value is -4.11. The lowest BCUT2D eigenvalue weighted by atomic mass is 9.90. The summed E-state index contributed by atoms with van der Waals surface area (Å²) in [6, 6.07) is 13.6. The first-order valence-electron chi connectivity index (χ1n) is 11.2. The Labute approximate surface area is 201 Å². The molecule has 0 bridgehead atoms. The molecule has 0 radical (unpaired) electrons. The number of hydrogen-bond acceptors (Lipinski definition) is 7. The van der Waals surface area contributed by atoms with Crippen LogP contribution in [0.2, 0.25) is 0 Å². The second-order valence-electron chi connectivity index (χ2n) is 8.23. The van der Waals surface area contributed by atoms with Crippen molar-refractivity contribution in [2.75, 3.05) is 13.2 Å². The van der Waals surface area contributed by atoms with E-state index < -0.39 is 11.4 Å². The highest BCUT2D eigenvalue weighted by atomic mass is 16.5. The number of aryl methyl sites for hydroxylation is 2. The quantitative estimate of drug-likeness (QED) is 0.380. The van der Waals surface area contributed by atoms with Crippen LogP contribution in [0.25, 0.3) is 11.1 Å². The molecule has 9 heteroatoms. The van der Waals surface area contributed by atoms with Gasteiger partial charge in [0.15, 0.2) is 0 Å². The average molecular weight is 478 g/mol. The van der Waals surface area contributed by atoms with Crippen LogP contribution in [-0.2, 0) is 13.2 Å². The van der Waals surface area contributed by atoms with Crippen molar-refractivity contribution in [2.45, 2.75) is 33.9 Å². The van der Waals surface area contributed by atoms with Gasteiger partial charge in [-0.15, -0.1) is 4.74 Å². The molecule has 4 aromatic rings. The number of aromatic nitrogens is 3. The van der Waals surface area contributed by atoms with E-state index in [9.17, 15) is 9.59 Å². The maximum Gasteiger partial charge on any atom is 0.440 e. The molecular weight excluding hydrogens is 450 g/mol. The fourth-order valence-electron chi connectivity index (χ4n) is 4.03. The smallest absolute Gasteiger partial charge is 0.440 e. The summed E-state index contributed by atoms with van der Waals surface area (Å²) in [7, 11) is 0. The van der Waals surface area contributed by atoms with E-state index in [1.54, 1.807) is 18.3 Å². The fourth-order valence-corrected chi connectivity index (χ4v) is 4.03. The second kappa shape index (κ2) is 10.4. The lowest BCUT2D eigenvalue weighted by Crippen LogP contribution is -2.17. The lowest BCUT2D eigenvalue weighted by Gasteiger charge is -2.17. The Morgan fingerprint density at radius 1 is 1.06 bits per heavy atom. The van der Waals surface area contributed by atoms with E-state index in [2.05, 4.69) is 31.8 Å². The zero-order valence-corrected chi connectivity index (χ0v) is 19.8.